The molecule has 5 nitrogen and oxygen atoms in total. The van der Waals surface area contributed by atoms with Crippen molar-refractivity contribution in [2.75, 3.05) is 14.2 Å². The van der Waals surface area contributed by atoms with Gasteiger partial charge >= 0.3 is 11.9 Å². The molecule has 2 aromatic carbocycles. The molecule has 0 amide bonds. The van der Waals surface area contributed by atoms with Crippen LogP contribution >= 0.6 is 0 Å². The third kappa shape index (κ3) is 3.93. The van der Waals surface area contributed by atoms with Crippen LogP contribution in [0.25, 0.3) is 0 Å². The number of benzene rings is 2. The van der Waals surface area contributed by atoms with Gasteiger partial charge in [-0.1, -0.05) is 37.3 Å². The van der Waals surface area contributed by atoms with E-state index >= 15 is 0 Å². The van der Waals surface area contributed by atoms with Gasteiger partial charge in [0, 0.05) is 0 Å². The molecule has 0 N–H and O–H groups in total. The van der Waals surface area contributed by atoms with E-state index in [1.54, 1.807) is 6.07 Å². The van der Waals surface area contributed by atoms with Crippen molar-refractivity contribution in [3.8, 4) is 5.75 Å². The van der Waals surface area contributed by atoms with Gasteiger partial charge in [0.05, 0.1) is 25.3 Å². The summed E-state index contributed by atoms with van der Waals surface area (Å²) in [5.74, 6) is -0.666. The normalized spacial score (nSPS) is 10.1. The molecule has 0 spiro atoms. The number of hydrogen-bond donors (Lipinski definition) is 0. The smallest absolute Gasteiger partial charge is 0.339 e. The van der Waals surface area contributed by atoms with Gasteiger partial charge in [0.25, 0.3) is 0 Å². The van der Waals surface area contributed by atoms with Crippen LogP contribution < -0.4 is 4.74 Å². The number of aryl methyl sites for hydroxylation is 1. The van der Waals surface area contributed by atoms with Crippen LogP contribution in [-0.4, -0.2) is 26.2 Å². The Balaban J connectivity index is 2.39. The van der Waals surface area contributed by atoms with Gasteiger partial charge in [-0.05, 0) is 29.7 Å². The number of hydrogen-bond acceptors (Lipinski definition) is 5. The van der Waals surface area contributed by atoms with Crippen LogP contribution in [-0.2, 0) is 22.5 Å². The summed E-state index contributed by atoms with van der Waals surface area (Å²) in [5.41, 5.74) is 2.05. The Bertz CT molecular complexity index is 722. The van der Waals surface area contributed by atoms with E-state index in [-0.39, 0.29) is 11.1 Å². The van der Waals surface area contributed by atoms with E-state index < -0.39 is 11.9 Å². The SMILES string of the molecule is CCc1cc(OCc2ccccc2)cc(C(=O)OC)c1C(=O)OC. The Morgan fingerprint density at radius 1 is 0.958 bits per heavy atom. The fraction of sp³-hybridized carbons (Fsp3) is 0.263. The highest BCUT2D eigenvalue weighted by Crippen LogP contribution is 2.26. The summed E-state index contributed by atoms with van der Waals surface area (Å²) in [6.45, 7) is 2.26. The number of ether oxygens (including phenoxy) is 3. The Hall–Kier alpha value is -2.82. The minimum Gasteiger partial charge on any atom is -0.489 e. The zero-order valence-corrected chi connectivity index (χ0v) is 14.0. The van der Waals surface area contributed by atoms with Gasteiger partial charge in [-0.3, -0.25) is 0 Å². The molecule has 0 atom stereocenters. The van der Waals surface area contributed by atoms with E-state index in [4.69, 9.17) is 14.2 Å². The second kappa shape index (κ2) is 8.15. The molecule has 126 valence electrons. The van der Waals surface area contributed by atoms with Crippen LogP contribution in [0.1, 0.15) is 38.8 Å². The molecular weight excluding hydrogens is 308 g/mol. The molecule has 5 heteroatoms. The van der Waals surface area contributed by atoms with Gasteiger partial charge < -0.3 is 14.2 Å². The minimum absolute atomic E-state index is 0.145. The topological polar surface area (TPSA) is 61.8 Å². The standard InChI is InChI=1S/C19H20O5/c1-4-14-10-15(24-12-13-8-6-5-7-9-13)11-16(18(20)22-2)17(14)19(21)23-3/h5-11H,4,12H2,1-3H3. The van der Waals surface area contributed by atoms with E-state index in [2.05, 4.69) is 0 Å². The highest BCUT2D eigenvalue weighted by Gasteiger charge is 2.23. The van der Waals surface area contributed by atoms with E-state index in [0.29, 0.717) is 24.3 Å². The first-order valence-corrected chi connectivity index (χ1v) is 7.61. The first kappa shape index (κ1) is 17.5. The lowest BCUT2D eigenvalue weighted by Crippen LogP contribution is -2.15. The highest BCUT2D eigenvalue weighted by atomic mass is 16.5. The van der Waals surface area contributed by atoms with E-state index in [9.17, 15) is 9.59 Å². The quantitative estimate of drug-likeness (QED) is 0.761. The lowest BCUT2D eigenvalue weighted by atomic mass is 9.98. The number of methoxy groups -OCH3 is 2. The molecule has 2 aromatic rings. The molecule has 0 aliphatic carbocycles. The zero-order chi connectivity index (χ0) is 17.5. The van der Waals surface area contributed by atoms with Gasteiger partial charge in [0.15, 0.2) is 0 Å². The summed E-state index contributed by atoms with van der Waals surface area (Å²) in [6, 6.07) is 12.9. The molecule has 24 heavy (non-hydrogen) atoms. The average molecular weight is 328 g/mol. The van der Waals surface area contributed by atoms with Crippen LogP contribution in [0.2, 0.25) is 0 Å². The van der Waals surface area contributed by atoms with Crippen molar-refractivity contribution in [1.82, 2.24) is 0 Å². The molecule has 0 saturated heterocycles. The van der Waals surface area contributed by atoms with Crippen molar-refractivity contribution in [1.29, 1.82) is 0 Å². The number of rotatable bonds is 6. The first-order chi connectivity index (χ1) is 11.6. The Kier molecular flexibility index (Phi) is 5.95. The van der Waals surface area contributed by atoms with Crippen molar-refractivity contribution in [3.63, 3.8) is 0 Å². The molecule has 0 aliphatic rings. The molecule has 0 bridgehead atoms. The third-order valence-corrected chi connectivity index (χ3v) is 3.62. The van der Waals surface area contributed by atoms with Crippen molar-refractivity contribution in [3.05, 3.63) is 64.7 Å². The minimum atomic E-state index is -0.602. The number of carbonyl (C=O) groups excluding carboxylic acids is 2. The summed E-state index contributed by atoms with van der Waals surface area (Å²) >= 11 is 0. The van der Waals surface area contributed by atoms with Crippen LogP contribution in [0.4, 0.5) is 0 Å². The van der Waals surface area contributed by atoms with E-state index in [1.165, 1.54) is 20.3 Å². The van der Waals surface area contributed by atoms with Crippen LogP contribution in [0, 0.1) is 0 Å². The molecular formula is C19H20O5. The fourth-order valence-electron chi connectivity index (χ4n) is 2.39. The lowest BCUT2D eigenvalue weighted by molar-refractivity contribution is 0.0553. The van der Waals surface area contributed by atoms with Crippen LogP contribution in [0.15, 0.2) is 42.5 Å². The van der Waals surface area contributed by atoms with Gasteiger partial charge in [0.2, 0.25) is 0 Å². The monoisotopic (exact) mass is 328 g/mol. The van der Waals surface area contributed by atoms with Crippen molar-refractivity contribution in [2.24, 2.45) is 0 Å². The maximum Gasteiger partial charge on any atom is 0.339 e. The second-order valence-electron chi connectivity index (χ2n) is 5.12. The summed E-state index contributed by atoms with van der Waals surface area (Å²) < 4.78 is 15.4. The molecule has 0 fully saturated rings. The predicted molar refractivity (Wildman–Crippen MR) is 89.3 cm³/mol. The maximum absolute atomic E-state index is 12.1. The van der Waals surface area contributed by atoms with Crippen molar-refractivity contribution >= 4 is 11.9 Å². The Labute approximate surface area is 141 Å². The van der Waals surface area contributed by atoms with Crippen molar-refractivity contribution < 1.29 is 23.8 Å². The van der Waals surface area contributed by atoms with Gasteiger partial charge in [-0.15, -0.1) is 0 Å². The van der Waals surface area contributed by atoms with Crippen molar-refractivity contribution in [2.45, 2.75) is 20.0 Å². The predicted octanol–water partition coefficient (Wildman–Crippen LogP) is 3.40. The maximum atomic E-state index is 12.1. The zero-order valence-electron chi connectivity index (χ0n) is 14.0. The van der Waals surface area contributed by atoms with Crippen LogP contribution in [0.5, 0.6) is 5.75 Å². The molecule has 0 heterocycles. The lowest BCUT2D eigenvalue weighted by Gasteiger charge is -2.14. The summed E-state index contributed by atoms with van der Waals surface area (Å²) in [4.78, 5) is 24.1. The number of esters is 2. The first-order valence-electron chi connectivity index (χ1n) is 7.61. The van der Waals surface area contributed by atoms with E-state index in [0.717, 1.165) is 5.56 Å². The molecule has 0 aliphatic heterocycles. The molecule has 0 aromatic heterocycles. The molecule has 0 unspecified atom stereocenters. The Morgan fingerprint density at radius 2 is 1.62 bits per heavy atom. The summed E-state index contributed by atoms with van der Waals surface area (Å²) in [6.07, 6.45) is 0.553. The summed E-state index contributed by atoms with van der Waals surface area (Å²) in [7, 11) is 2.55. The highest BCUT2D eigenvalue weighted by molar-refractivity contribution is 6.04. The van der Waals surface area contributed by atoms with Gasteiger partial charge in [-0.2, -0.15) is 0 Å². The second-order valence-corrected chi connectivity index (χ2v) is 5.12. The largest absolute Gasteiger partial charge is 0.489 e. The van der Waals surface area contributed by atoms with Crippen LogP contribution in [0.3, 0.4) is 0 Å². The third-order valence-electron chi connectivity index (χ3n) is 3.62. The molecule has 2 rings (SSSR count). The number of carbonyl (C=O) groups is 2. The Morgan fingerprint density at radius 3 is 2.21 bits per heavy atom. The molecule has 0 saturated carbocycles. The summed E-state index contributed by atoms with van der Waals surface area (Å²) in [5, 5.41) is 0. The fourth-order valence-corrected chi connectivity index (χ4v) is 2.39. The van der Waals surface area contributed by atoms with Gasteiger partial charge in [0.1, 0.15) is 12.4 Å². The van der Waals surface area contributed by atoms with E-state index in [1.807, 2.05) is 37.3 Å². The van der Waals surface area contributed by atoms with Gasteiger partial charge in [-0.25, -0.2) is 9.59 Å². The molecule has 0 radical (unpaired) electrons. The average Bonchev–Trinajstić information content (AvgIpc) is 2.64.